The Hall–Kier alpha value is -4.40. The number of carbonyl (C=O) groups excluding carboxylic acids is 2. The number of nitrogens with zero attached hydrogens (tertiary/aromatic N) is 4. The SMILES string of the molecule is C[C@@H]1C=C[C@H]2[C@H](N(C)C)c3onc(OCc4ccccc4)c3C(=O)[C@@]2(O)[C@@H]1C.C[C@@H]1[C@@H](Br)C=C[C@H]2[C@H](N(C)C)c3onc(OCc4ccccc4)c3C(=O)[C@@]12O. The van der Waals surface area contributed by atoms with Crippen LogP contribution in [-0.4, -0.2) is 86.1 Å². The summed E-state index contributed by atoms with van der Waals surface area (Å²) in [6, 6.07) is 18.7. The van der Waals surface area contributed by atoms with Crippen molar-refractivity contribution < 1.29 is 38.3 Å². The van der Waals surface area contributed by atoms with Crippen molar-refractivity contribution in [1.29, 1.82) is 0 Å². The highest BCUT2D eigenvalue weighted by molar-refractivity contribution is 9.09. The Labute approximate surface area is 335 Å². The van der Waals surface area contributed by atoms with Gasteiger partial charge in [-0.3, -0.25) is 19.4 Å². The number of benzene rings is 2. The Morgan fingerprint density at radius 2 is 1.07 bits per heavy atom. The van der Waals surface area contributed by atoms with Gasteiger partial charge in [0, 0.05) is 22.6 Å². The van der Waals surface area contributed by atoms with Crippen molar-refractivity contribution in [2.75, 3.05) is 28.2 Å². The molecule has 2 aromatic carbocycles. The van der Waals surface area contributed by atoms with Crippen molar-refractivity contribution in [2.45, 2.75) is 62.1 Å². The fourth-order valence-corrected chi connectivity index (χ4v) is 9.27. The lowest BCUT2D eigenvalue weighted by Gasteiger charge is -2.49. The first-order valence-electron chi connectivity index (χ1n) is 18.9. The molecule has 0 saturated carbocycles. The molecule has 13 heteroatoms. The van der Waals surface area contributed by atoms with E-state index < -0.39 is 28.8 Å². The number of hydrogen-bond donors (Lipinski definition) is 2. The first-order chi connectivity index (χ1) is 26.7. The maximum atomic E-state index is 13.5. The zero-order valence-electron chi connectivity index (χ0n) is 32.6. The maximum Gasteiger partial charge on any atom is 0.265 e. The standard InChI is InChI=1S/C22H26N2O4.C21H23BrN2O4/c1-13-10-11-16-18(24(3)4)19-17(20(25)22(16,26)14(13)2)21(23-28-19)27-12-15-8-6-5-7-9-15;1-12-15(22)10-9-14-17(24(2)3)18-16(19(25)21(12,14)26)20(23-28-18)27-11-13-7-5-4-6-8-13/h5-11,13-14,16,18,26H,12H2,1-4H3;4-10,12,14-15,17,26H,11H2,1-3H3/t13-,14-,16+,18+,22-;12-,14+,15+,17+,21-/m11/s1. The summed E-state index contributed by atoms with van der Waals surface area (Å²) in [4.78, 5) is 30.8. The first-order valence-corrected chi connectivity index (χ1v) is 19.8. The summed E-state index contributed by atoms with van der Waals surface area (Å²) in [5.74, 6) is -0.864. The monoisotopic (exact) mass is 828 g/mol. The van der Waals surface area contributed by atoms with E-state index in [0.29, 0.717) is 11.5 Å². The molecule has 12 nitrogen and oxygen atoms in total. The Bertz CT molecular complexity index is 1970. The molecule has 4 aliphatic rings. The number of hydrogen-bond acceptors (Lipinski definition) is 12. The van der Waals surface area contributed by atoms with Gasteiger partial charge in [-0.15, -0.1) is 0 Å². The fraction of sp³-hybridized carbons (Fsp3) is 0.442. The van der Waals surface area contributed by atoms with Crippen LogP contribution in [0.2, 0.25) is 0 Å². The number of halogens is 1. The van der Waals surface area contributed by atoms with Crippen LogP contribution < -0.4 is 9.47 Å². The number of alkyl halides is 1. The number of fused-ring (bicyclic) bond motifs is 4. The molecule has 4 aliphatic carbocycles. The first kappa shape index (κ1) is 39.8. The molecule has 8 rings (SSSR count). The topological polar surface area (TPSA) is 152 Å². The van der Waals surface area contributed by atoms with Gasteiger partial charge in [0.2, 0.25) is 11.6 Å². The quantitative estimate of drug-likeness (QED) is 0.145. The van der Waals surface area contributed by atoms with Crippen LogP contribution in [0.1, 0.15) is 76.2 Å². The van der Waals surface area contributed by atoms with Gasteiger partial charge in [-0.2, -0.15) is 0 Å². The van der Waals surface area contributed by atoms with Gasteiger partial charge in [0.05, 0.1) is 12.1 Å². The van der Waals surface area contributed by atoms with E-state index in [9.17, 15) is 19.8 Å². The lowest BCUT2D eigenvalue weighted by atomic mass is 9.60. The molecule has 0 aliphatic heterocycles. The van der Waals surface area contributed by atoms with Crippen molar-refractivity contribution in [2.24, 2.45) is 29.6 Å². The van der Waals surface area contributed by atoms with E-state index >= 15 is 0 Å². The van der Waals surface area contributed by atoms with Gasteiger partial charge in [0.15, 0.2) is 11.5 Å². The lowest BCUT2D eigenvalue weighted by Crippen LogP contribution is -2.60. The number of rotatable bonds is 8. The number of aromatic nitrogens is 2. The third-order valence-electron chi connectivity index (χ3n) is 12.1. The average Bonchev–Trinajstić information content (AvgIpc) is 3.81. The predicted octanol–water partition coefficient (Wildman–Crippen LogP) is 6.61. The molecule has 4 aromatic rings. The van der Waals surface area contributed by atoms with E-state index in [2.05, 4.69) is 32.3 Å². The second-order valence-corrected chi connectivity index (χ2v) is 16.9. The number of carbonyl (C=O) groups is 2. The van der Waals surface area contributed by atoms with Crippen LogP contribution in [0.5, 0.6) is 11.8 Å². The van der Waals surface area contributed by atoms with E-state index in [0.717, 1.165) is 11.1 Å². The van der Waals surface area contributed by atoms with E-state index in [1.165, 1.54) is 0 Å². The predicted molar refractivity (Wildman–Crippen MR) is 211 cm³/mol. The van der Waals surface area contributed by atoms with Crippen LogP contribution in [0.25, 0.3) is 0 Å². The summed E-state index contributed by atoms with van der Waals surface area (Å²) in [5.41, 5.74) is -0.658. The molecule has 0 amide bonds. The summed E-state index contributed by atoms with van der Waals surface area (Å²) in [5, 5.41) is 31.3. The fourth-order valence-electron chi connectivity index (χ4n) is 8.69. The molecule has 0 spiro atoms. The second-order valence-electron chi connectivity index (χ2n) is 15.8. The molecular formula is C43H49BrN4O8. The van der Waals surface area contributed by atoms with Crippen LogP contribution in [0.4, 0.5) is 0 Å². The van der Waals surface area contributed by atoms with E-state index in [1.807, 2.05) is 138 Å². The van der Waals surface area contributed by atoms with Gasteiger partial charge in [-0.1, -0.05) is 122 Å². The van der Waals surface area contributed by atoms with Crippen molar-refractivity contribution in [3.05, 3.63) is 119 Å². The average molecular weight is 830 g/mol. The van der Waals surface area contributed by atoms with Gasteiger partial charge >= 0.3 is 0 Å². The van der Waals surface area contributed by atoms with E-state index in [4.69, 9.17) is 18.5 Å². The molecule has 0 unspecified atom stereocenters. The van der Waals surface area contributed by atoms with Crippen molar-refractivity contribution >= 4 is 27.5 Å². The number of ketones is 2. The van der Waals surface area contributed by atoms with Crippen molar-refractivity contribution in [3.8, 4) is 11.8 Å². The maximum absolute atomic E-state index is 13.5. The number of allylic oxidation sites excluding steroid dienone is 2. The van der Waals surface area contributed by atoms with Crippen molar-refractivity contribution in [3.63, 3.8) is 0 Å². The minimum Gasteiger partial charge on any atom is -0.470 e. The van der Waals surface area contributed by atoms with Gasteiger partial charge in [0.25, 0.3) is 11.8 Å². The number of Topliss-reactive ketones (excluding diaryl/α,β-unsaturated/α-hetero) is 2. The summed E-state index contributed by atoms with van der Waals surface area (Å²) >= 11 is 3.56. The third-order valence-corrected chi connectivity index (χ3v) is 13.2. The van der Waals surface area contributed by atoms with Gasteiger partial charge in [0.1, 0.15) is 35.5 Å². The largest absolute Gasteiger partial charge is 0.470 e. The van der Waals surface area contributed by atoms with Crippen LogP contribution >= 0.6 is 15.9 Å². The summed E-state index contributed by atoms with van der Waals surface area (Å²) in [6.45, 7) is 6.35. The zero-order valence-corrected chi connectivity index (χ0v) is 34.2. The lowest BCUT2D eigenvalue weighted by molar-refractivity contribution is -0.0690. The molecule has 0 bridgehead atoms. The van der Waals surface area contributed by atoms with Crippen LogP contribution in [-0.2, 0) is 13.2 Å². The van der Waals surface area contributed by atoms with Crippen LogP contribution in [0, 0.1) is 29.6 Å². The number of ether oxygens (including phenoxy) is 2. The molecule has 2 aromatic heterocycles. The highest BCUT2D eigenvalue weighted by Gasteiger charge is 2.62. The Kier molecular flexibility index (Phi) is 11.0. The third kappa shape index (κ3) is 6.56. The minimum absolute atomic E-state index is 0.0862. The summed E-state index contributed by atoms with van der Waals surface area (Å²) in [7, 11) is 7.62. The molecule has 2 N–H and O–H groups in total. The molecule has 296 valence electrons. The molecule has 0 fully saturated rings. The smallest absolute Gasteiger partial charge is 0.265 e. The highest BCUT2D eigenvalue weighted by atomic mass is 79.9. The van der Waals surface area contributed by atoms with Crippen LogP contribution in [0.3, 0.4) is 0 Å². The van der Waals surface area contributed by atoms with E-state index in [1.54, 1.807) is 0 Å². The molecule has 0 radical (unpaired) electrons. The van der Waals surface area contributed by atoms with Gasteiger partial charge in [-0.05, 0) is 61.5 Å². The van der Waals surface area contributed by atoms with Crippen molar-refractivity contribution in [1.82, 2.24) is 20.1 Å². The summed E-state index contributed by atoms with van der Waals surface area (Å²) < 4.78 is 22.8. The van der Waals surface area contributed by atoms with E-state index in [-0.39, 0.29) is 76.5 Å². The Morgan fingerprint density at radius 1 is 0.661 bits per heavy atom. The minimum atomic E-state index is -1.57. The zero-order chi connectivity index (χ0) is 40.1. The number of aliphatic hydroxyl groups is 2. The van der Waals surface area contributed by atoms with Gasteiger partial charge in [-0.25, -0.2) is 0 Å². The molecule has 10 atom stereocenters. The second kappa shape index (κ2) is 15.5. The Balaban J connectivity index is 0.000000172. The summed E-state index contributed by atoms with van der Waals surface area (Å²) in [6.07, 6.45) is 7.91. The highest BCUT2D eigenvalue weighted by Crippen LogP contribution is 2.54. The molecular weight excluding hydrogens is 780 g/mol. The molecule has 0 saturated heterocycles. The normalized spacial score (nSPS) is 31.6. The van der Waals surface area contributed by atoms with Crippen LogP contribution in [0.15, 0.2) is 94.0 Å². The van der Waals surface area contributed by atoms with Gasteiger partial charge < -0.3 is 28.7 Å². The Morgan fingerprint density at radius 3 is 1.50 bits per heavy atom. The molecule has 2 heterocycles. The molecule has 56 heavy (non-hydrogen) atoms.